The van der Waals surface area contributed by atoms with E-state index in [0.717, 1.165) is 19.4 Å². The Labute approximate surface area is 97.5 Å². The van der Waals surface area contributed by atoms with Gasteiger partial charge in [0.15, 0.2) is 0 Å². The summed E-state index contributed by atoms with van der Waals surface area (Å²) in [6.07, 6.45) is 2.14. The molecule has 0 aromatic heterocycles. The lowest BCUT2D eigenvalue weighted by molar-refractivity contribution is 0.176. The van der Waals surface area contributed by atoms with Crippen LogP contribution < -0.4 is 10.0 Å². The molecule has 1 aliphatic heterocycles. The van der Waals surface area contributed by atoms with E-state index in [1.165, 1.54) is 11.4 Å². The number of hydrogen-bond donors (Lipinski definition) is 2. The molecule has 1 fully saturated rings. The average Bonchev–Trinajstić information content (AvgIpc) is 2.76. The molecule has 0 amide bonds. The van der Waals surface area contributed by atoms with E-state index in [1.807, 2.05) is 0 Å². The van der Waals surface area contributed by atoms with Crippen molar-refractivity contribution in [3.05, 3.63) is 0 Å². The van der Waals surface area contributed by atoms with Crippen molar-refractivity contribution in [2.24, 2.45) is 0 Å². The van der Waals surface area contributed by atoms with Crippen LogP contribution >= 0.6 is 0 Å². The van der Waals surface area contributed by atoms with Gasteiger partial charge in [0.25, 0.3) is 10.2 Å². The van der Waals surface area contributed by atoms with Crippen LogP contribution in [0.25, 0.3) is 0 Å². The van der Waals surface area contributed by atoms with Gasteiger partial charge in [-0.05, 0) is 19.4 Å². The van der Waals surface area contributed by atoms with E-state index >= 15 is 0 Å². The molecular formula is C9H21N3O3S. The SMILES string of the molecule is CNS(=O)(=O)N(CCOC)CC1CCCN1. The van der Waals surface area contributed by atoms with Gasteiger partial charge >= 0.3 is 0 Å². The summed E-state index contributed by atoms with van der Waals surface area (Å²) in [5.74, 6) is 0. The van der Waals surface area contributed by atoms with E-state index in [0.29, 0.717) is 19.7 Å². The van der Waals surface area contributed by atoms with E-state index in [9.17, 15) is 8.42 Å². The molecule has 0 aromatic carbocycles. The second kappa shape index (κ2) is 6.51. The van der Waals surface area contributed by atoms with Gasteiger partial charge in [-0.2, -0.15) is 12.7 Å². The molecule has 0 saturated carbocycles. The Hall–Kier alpha value is -0.210. The normalized spacial score (nSPS) is 21.8. The molecule has 0 aliphatic carbocycles. The molecule has 1 heterocycles. The minimum atomic E-state index is -3.36. The van der Waals surface area contributed by atoms with Crippen molar-refractivity contribution >= 4 is 10.2 Å². The van der Waals surface area contributed by atoms with Gasteiger partial charge in [-0.15, -0.1) is 0 Å². The van der Waals surface area contributed by atoms with E-state index < -0.39 is 10.2 Å². The standard InChI is InChI=1S/C9H21N3O3S/c1-10-16(13,14)12(6-7-15-2)8-9-4-3-5-11-9/h9-11H,3-8H2,1-2H3. The largest absolute Gasteiger partial charge is 0.383 e. The molecule has 0 bridgehead atoms. The van der Waals surface area contributed by atoms with Crippen LogP contribution in [0.2, 0.25) is 0 Å². The first kappa shape index (κ1) is 13.9. The molecule has 0 aromatic rings. The highest BCUT2D eigenvalue weighted by atomic mass is 32.2. The number of nitrogens with one attached hydrogen (secondary N) is 2. The Morgan fingerprint density at radius 2 is 2.31 bits per heavy atom. The van der Waals surface area contributed by atoms with E-state index in [1.54, 1.807) is 7.11 Å². The quantitative estimate of drug-likeness (QED) is 0.618. The molecule has 1 unspecified atom stereocenters. The van der Waals surface area contributed by atoms with Gasteiger partial charge in [0.1, 0.15) is 0 Å². The molecule has 0 spiro atoms. The van der Waals surface area contributed by atoms with Crippen LogP contribution in [0.4, 0.5) is 0 Å². The lowest BCUT2D eigenvalue weighted by atomic mass is 10.2. The Balaban J connectivity index is 2.55. The van der Waals surface area contributed by atoms with Crippen LogP contribution in [0.3, 0.4) is 0 Å². The molecule has 1 rings (SSSR count). The highest BCUT2D eigenvalue weighted by Crippen LogP contribution is 2.09. The second-order valence-corrected chi connectivity index (χ2v) is 5.73. The first-order chi connectivity index (χ1) is 7.60. The fourth-order valence-corrected chi connectivity index (χ4v) is 2.74. The van der Waals surface area contributed by atoms with Crippen molar-refractivity contribution in [1.82, 2.24) is 14.3 Å². The summed E-state index contributed by atoms with van der Waals surface area (Å²) in [5, 5.41) is 3.28. The molecule has 0 radical (unpaired) electrons. The maximum Gasteiger partial charge on any atom is 0.279 e. The van der Waals surface area contributed by atoms with Crippen molar-refractivity contribution in [3.8, 4) is 0 Å². The summed E-state index contributed by atoms with van der Waals surface area (Å²) in [6, 6.07) is 0.264. The van der Waals surface area contributed by atoms with Crippen molar-refractivity contribution < 1.29 is 13.2 Å². The Morgan fingerprint density at radius 3 is 2.81 bits per heavy atom. The Kier molecular flexibility index (Phi) is 5.63. The molecule has 96 valence electrons. The lowest BCUT2D eigenvalue weighted by Gasteiger charge is -2.24. The minimum Gasteiger partial charge on any atom is -0.383 e. The van der Waals surface area contributed by atoms with Gasteiger partial charge in [-0.1, -0.05) is 0 Å². The summed E-state index contributed by atoms with van der Waals surface area (Å²) < 4.78 is 32.1. The van der Waals surface area contributed by atoms with E-state index in [-0.39, 0.29) is 6.04 Å². The third-order valence-corrected chi connectivity index (χ3v) is 4.26. The highest BCUT2D eigenvalue weighted by molar-refractivity contribution is 7.87. The van der Waals surface area contributed by atoms with Crippen LogP contribution in [0.15, 0.2) is 0 Å². The summed E-state index contributed by atoms with van der Waals surface area (Å²) >= 11 is 0. The van der Waals surface area contributed by atoms with Crippen LogP contribution in [0.1, 0.15) is 12.8 Å². The molecule has 7 heteroatoms. The zero-order valence-corrected chi connectivity index (χ0v) is 10.7. The van der Waals surface area contributed by atoms with E-state index in [4.69, 9.17) is 4.74 Å². The number of rotatable bonds is 7. The van der Waals surface area contributed by atoms with Crippen LogP contribution in [-0.4, -0.2) is 59.2 Å². The fraction of sp³-hybridized carbons (Fsp3) is 1.00. The van der Waals surface area contributed by atoms with Crippen molar-refractivity contribution in [2.75, 3.05) is 40.4 Å². The van der Waals surface area contributed by atoms with E-state index in [2.05, 4.69) is 10.0 Å². The molecule has 6 nitrogen and oxygen atoms in total. The molecule has 1 saturated heterocycles. The topological polar surface area (TPSA) is 70.7 Å². The first-order valence-corrected chi connectivity index (χ1v) is 6.95. The van der Waals surface area contributed by atoms with Crippen molar-refractivity contribution in [1.29, 1.82) is 0 Å². The number of hydrogen-bond acceptors (Lipinski definition) is 4. The fourth-order valence-electron chi connectivity index (χ4n) is 1.79. The molecular weight excluding hydrogens is 230 g/mol. The lowest BCUT2D eigenvalue weighted by Crippen LogP contribution is -2.46. The second-order valence-electron chi connectivity index (χ2n) is 3.85. The molecule has 16 heavy (non-hydrogen) atoms. The predicted octanol–water partition coefficient (Wildman–Crippen LogP) is -0.849. The van der Waals surface area contributed by atoms with Gasteiger partial charge in [0.2, 0.25) is 0 Å². The molecule has 2 N–H and O–H groups in total. The average molecular weight is 251 g/mol. The first-order valence-electron chi connectivity index (χ1n) is 5.51. The summed E-state index contributed by atoms with van der Waals surface area (Å²) in [4.78, 5) is 0. The number of ether oxygens (including phenoxy) is 1. The minimum absolute atomic E-state index is 0.264. The van der Waals surface area contributed by atoms with Gasteiger partial charge in [0.05, 0.1) is 6.61 Å². The van der Waals surface area contributed by atoms with Crippen molar-refractivity contribution in [2.45, 2.75) is 18.9 Å². The number of methoxy groups -OCH3 is 1. The summed E-state index contributed by atoms with van der Waals surface area (Å²) in [6.45, 7) is 2.28. The van der Waals surface area contributed by atoms with Gasteiger partial charge in [0, 0.05) is 33.3 Å². The maximum atomic E-state index is 11.7. The van der Waals surface area contributed by atoms with Crippen LogP contribution in [-0.2, 0) is 14.9 Å². The Morgan fingerprint density at radius 1 is 1.56 bits per heavy atom. The van der Waals surface area contributed by atoms with Gasteiger partial charge < -0.3 is 10.1 Å². The third kappa shape index (κ3) is 3.99. The molecule has 1 aliphatic rings. The monoisotopic (exact) mass is 251 g/mol. The predicted molar refractivity (Wildman–Crippen MR) is 62.5 cm³/mol. The highest BCUT2D eigenvalue weighted by Gasteiger charge is 2.25. The maximum absolute atomic E-state index is 11.7. The Bertz CT molecular complexity index is 288. The zero-order valence-electron chi connectivity index (χ0n) is 9.90. The molecule has 1 atom stereocenters. The zero-order chi connectivity index (χ0) is 12.0. The smallest absolute Gasteiger partial charge is 0.279 e. The number of nitrogens with zero attached hydrogens (tertiary/aromatic N) is 1. The van der Waals surface area contributed by atoms with Crippen molar-refractivity contribution in [3.63, 3.8) is 0 Å². The summed E-state index contributed by atoms with van der Waals surface area (Å²) in [7, 11) is -0.361. The van der Waals surface area contributed by atoms with Crippen LogP contribution in [0.5, 0.6) is 0 Å². The third-order valence-electron chi connectivity index (χ3n) is 2.73. The van der Waals surface area contributed by atoms with Gasteiger partial charge in [-0.25, -0.2) is 4.72 Å². The van der Waals surface area contributed by atoms with Gasteiger partial charge in [-0.3, -0.25) is 0 Å². The summed E-state index contributed by atoms with van der Waals surface area (Å²) in [5.41, 5.74) is 0. The van der Waals surface area contributed by atoms with Crippen LogP contribution in [0, 0.1) is 0 Å².